The quantitative estimate of drug-likeness (QED) is 0.874. The highest BCUT2D eigenvalue weighted by atomic mass is 79.9. The Morgan fingerprint density at radius 1 is 1.50 bits per heavy atom. The SMILES string of the molecule is Cc1cc(Br)c(NC(=O)c2nnc(N)s2)cc1Cl. The van der Waals surface area contributed by atoms with Gasteiger partial charge in [0.2, 0.25) is 10.1 Å². The third-order valence-electron chi connectivity index (χ3n) is 2.13. The van der Waals surface area contributed by atoms with Crippen LogP contribution in [0.3, 0.4) is 0 Å². The molecule has 0 saturated carbocycles. The highest BCUT2D eigenvalue weighted by molar-refractivity contribution is 9.10. The maximum atomic E-state index is 11.9. The number of carbonyl (C=O) groups excluding carboxylic acids is 1. The summed E-state index contributed by atoms with van der Waals surface area (Å²) in [6, 6.07) is 3.50. The fourth-order valence-electron chi connectivity index (χ4n) is 1.24. The number of nitrogens with one attached hydrogen (secondary N) is 1. The fraction of sp³-hybridized carbons (Fsp3) is 0.100. The molecule has 0 saturated heterocycles. The fourth-order valence-corrected chi connectivity index (χ4v) is 2.47. The van der Waals surface area contributed by atoms with Gasteiger partial charge in [0, 0.05) is 9.50 Å². The van der Waals surface area contributed by atoms with Gasteiger partial charge in [-0.15, -0.1) is 10.2 Å². The summed E-state index contributed by atoms with van der Waals surface area (Å²) in [5.41, 5.74) is 6.91. The zero-order chi connectivity index (χ0) is 13.3. The maximum Gasteiger partial charge on any atom is 0.286 e. The van der Waals surface area contributed by atoms with Gasteiger partial charge < -0.3 is 11.1 Å². The van der Waals surface area contributed by atoms with E-state index in [1.165, 1.54) is 0 Å². The zero-order valence-electron chi connectivity index (χ0n) is 9.20. The van der Waals surface area contributed by atoms with Crippen LogP contribution in [0.4, 0.5) is 10.8 Å². The molecule has 1 heterocycles. The van der Waals surface area contributed by atoms with Gasteiger partial charge in [0.25, 0.3) is 5.91 Å². The molecule has 2 aromatic rings. The second-order valence-corrected chi connectivity index (χ2v) is 5.75. The van der Waals surface area contributed by atoms with Crippen molar-refractivity contribution in [1.82, 2.24) is 10.2 Å². The Morgan fingerprint density at radius 3 is 2.83 bits per heavy atom. The molecule has 0 aliphatic heterocycles. The topological polar surface area (TPSA) is 80.9 Å². The Bertz CT molecular complexity index is 616. The lowest BCUT2D eigenvalue weighted by Gasteiger charge is -2.08. The first-order valence-corrected chi connectivity index (χ1v) is 6.82. The number of nitrogens with two attached hydrogens (primary N) is 1. The van der Waals surface area contributed by atoms with E-state index in [4.69, 9.17) is 17.3 Å². The Morgan fingerprint density at radius 2 is 2.22 bits per heavy atom. The lowest BCUT2D eigenvalue weighted by atomic mass is 10.2. The van der Waals surface area contributed by atoms with Gasteiger partial charge in [0.15, 0.2) is 0 Å². The average molecular weight is 348 g/mol. The predicted octanol–water partition coefficient (Wildman–Crippen LogP) is 3.10. The van der Waals surface area contributed by atoms with Gasteiger partial charge in [-0.25, -0.2) is 0 Å². The summed E-state index contributed by atoms with van der Waals surface area (Å²) in [7, 11) is 0. The minimum atomic E-state index is -0.371. The van der Waals surface area contributed by atoms with E-state index in [1.807, 2.05) is 13.0 Å². The first-order valence-electron chi connectivity index (χ1n) is 4.83. The van der Waals surface area contributed by atoms with Crippen LogP contribution in [0.2, 0.25) is 5.02 Å². The molecular formula is C10H8BrClN4OS. The van der Waals surface area contributed by atoms with Crippen molar-refractivity contribution in [2.45, 2.75) is 6.92 Å². The van der Waals surface area contributed by atoms with E-state index in [9.17, 15) is 4.79 Å². The summed E-state index contributed by atoms with van der Waals surface area (Å²) in [4.78, 5) is 11.9. The predicted molar refractivity (Wildman–Crippen MR) is 76.2 cm³/mol. The summed E-state index contributed by atoms with van der Waals surface area (Å²) in [6.07, 6.45) is 0. The number of halogens is 2. The van der Waals surface area contributed by atoms with Crippen LogP contribution in [0, 0.1) is 6.92 Å². The standard InChI is InChI=1S/C10H8BrClN4OS/c1-4-2-5(11)7(3-6(4)12)14-8(17)9-15-16-10(13)18-9/h2-3H,1H3,(H2,13,16)(H,14,17). The molecule has 1 amide bonds. The van der Waals surface area contributed by atoms with Gasteiger partial charge in [0.1, 0.15) is 0 Å². The zero-order valence-corrected chi connectivity index (χ0v) is 12.4. The van der Waals surface area contributed by atoms with E-state index < -0.39 is 0 Å². The number of benzene rings is 1. The molecule has 0 spiro atoms. The second kappa shape index (κ2) is 5.21. The molecule has 1 aromatic carbocycles. The van der Waals surface area contributed by atoms with Crippen LogP contribution >= 0.6 is 38.9 Å². The Kier molecular flexibility index (Phi) is 3.84. The number of nitrogen functional groups attached to an aromatic ring is 1. The van der Waals surface area contributed by atoms with Gasteiger partial charge in [0.05, 0.1) is 5.69 Å². The van der Waals surface area contributed by atoms with Gasteiger partial charge in [-0.3, -0.25) is 4.79 Å². The molecule has 0 unspecified atom stereocenters. The molecule has 8 heteroatoms. The molecule has 94 valence electrons. The van der Waals surface area contributed by atoms with Crippen LogP contribution in [0.1, 0.15) is 15.4 Å². The Balaban J connectivity index is 2.24. The first kappa shape index (κ1) is 13.3. The van der Waals surface area contributed by atoms with E-state index >= 15 is 0 Å². The number of rotatable bonds is 2. The van der Waals surface area contributed by atoms with Crippen LogP contribution < -0.4 is 11.1 Å². The van der Waals surface area contributed by atoms with Crippen molar-refractivity contribution in [3.8, 4) is 0 Å². The van der Waals surface area contributed by atoms with Crippen molar-refractivity contribution in [2.24, 2.45) is 0 Å². The molecule has 0 radical (unpaired) electrons. The third kappa shape index (κ3) is 2.80. The molecule has 0 aliphatic carbocycles. The number of anilines is 2. The van der Waals surface area contributed by atoms with Crippen molar-refractivity contribution < 1.29 is 4.79 Å². The van der Waals surface area contributed by atoms with Crippen LogP contribution in [0.15, 0.2) is 16.6 Å². The third-order valence-corrected chi connectivity index (χ3v) is 3.95. The smallest absolute Gasteiger partial charge is 0.286 e. The number of nitrogens with zero attached hydrogens (tertiary/aromatic N) is 2. The highest BCUT2D eigenvalue weighted by Crippen LogP contribution is 2.29. The van der Waals surface area contributed by atoms with Gasteiger partial charge >= 0.3 is 0 Å². The lowest BCUT2D eigenvalue weighted by Crippen LogP contribution is -2.12. The summed E-state index contributed by atoms with van der Waals surface area (Å²) >= 11 is 10.4. The number of aryl methyl sites for hydroxylation is 1. The summed E-state index contributed by atoms with van der Waals surface area (Å²) in [5, 5.41) is 11.0. The van der Waals surface area contributed by atoms with Crippen molar-refractivity contribution in [1.29, 1.82) is 0 Å². The first-order chi connectivity index (χ1) is 8.47. The van der Waals surface area contributed by atoms with Gasteiger partial charge in [-0.1, -0.05) is 22.9 Å². The molecule has 18 heavy (non-hydrogen) atoms. The van der Waals surface area contributed by atoms with Crippen LogP contribution in [0.25, 0.3) is 0 Å². The van der Waals surface area contributed by atoms with Crippen molar-refractivity contribution in [2.75, 3.05) is 11.1 Å². The molecule has 1 aromatic heterocycles. The number of hydrogen-bond donors (Lipinski definition) is 2. The van der Waals surface area contributed by atoms with E-state index in [-0.39, 0.29) is 16.0 Å². The average Bonchev–Trinajstić information content (AvgIpc) is 2.73. The summed E-state index contributed by atoms with van der Waals surface area (Å²) < 4.78 is 0.746. The molecule has 0 fully saturated rings. The van der Waals surface area contributed by atoms with Crippen molar-refractivity contribution in [3.05, 3.63) is 32.2 Å². The number of amides is 1. The van der Waals surface area contributed by atoms with E-state index in [1.54, 1.807) is 6.07 Å². The van der Waals surface area contributed by atoms with E-state index in [0.29, 0.717) is 10.7 Å². The molecule has 0 bridgehead atoms. The van der Waals surface area contributed by atoms with Crippen LogP contribution in [-0.4, -0.2) is 16.1 Å². The molecule has 3 N–H and O–H groups in total. The summed E-state index contributed by atoms with van der Waals surface area (Å²) in [5.74, 6) is -0.371. The number of hydrogen-bond acceptors (Lipinski definition) is 5. The lowest BCUT2D eigenvalue weighted by molar-refractivity contribution is 0.102. The molecule has 5 nitrogen and oxygen atoms in total. The highest BCUT2D eigenvalue weighted by Gasteiger charge is 2.14. The van der Waals surface area contributed by atoms with E-state index in [2.05, 4.69) is 31.4 Å². The summed E-state index contributed by atoms with van der Waals surface area (Å²) in [6.45, 7) is 1.88. The monoisotopic (exact) mass is 346 g/mol. The number of carbonyl (C=O) groups is 1. The number of aromatic nitrogens is 2. The Hall–Kier alpha value is -1.18. The van der Waals surface area contributed by atoms with Crippen LogP contribution in [-0.2, 0) is 0 Å². The molecule has 0 aliphatic rings. The van der Waals surface area contributed by atoms with Crippen molar-refractivity contribution in [3.63, 3.8) is 0 Å². The molecule has 0 atom stereocenters. The normalized spacial score (nSPS) is 10.4. The second-order valence-electron chi connectivity index (χ2n) is 3.48. The van der Waals surface area contributed by atoms with Gasteiger partial charge in [-0.05, 0) is 40.5 Å². The minimum Gasteiger partial charge on any atom is -0.374 e. The van der Waals surface area contributed by atoms with E-state index in [0.717, 1.165) is 21.4 Å². The molecular weight excluding hydrogens is 340 g/mol. The maximum absolute atomic E-state index is 11.9. The van der Waals surface area contributed by atoms with Crippen LogP contribution in [0.5, 0.6) is 0 Å². The largest absolute Gasteiger partial charge is 0.374 e. The minimum absolute atomic E-state index is 0.205. The van der Waals surface area contributed by atoms with Crippen molar-refractivity contribution >= 4 is 55.6 Å². The molecule has 2 rings (SSSR count). The Labute approximate surface area is 120 Å². The van der Waals surface area contributed by atoms with Gasteiger partial charge in [-0.2, -0.15) is 0 Å².